The lowest BCUT2D eigenvalue weighted by molar-refractivity contribution is -0.138. The molecule has 6 nitrogen and oxygen atoms in total. The van der Waals surface area contributed by atoms with Gasteiger partial charge in [0.05, 0.1) is 5.54 Å². The molecule has 142 valence electrons. The molecule has 26 heavy (non-hydrogen) atoms. The summed E-state index contributed by atoms with van der Waals surface area (Å²) in [5.41, 5.74) is 6.88. The fourth-order valence-corrected chi connectivity index (χ4v) is 3.46. The number of H-pyrrole nitrogens is 1. The van der Waals surface area contributed by atoms with Crippen LogP contribution in [0.1, 0.15) is 37.2 Å². The molecule has 1 atom stereocenters. The predicted molar refractivity (Wildman–Crippen MR) is 106 cm³/mol. The summed E-state index contributed by atoms with van der Waals surface area (Å²) in [4.78, 5) is 32.0. The first kappa shape index (κ1) is 20.3. The van der Waals surface area contributed by atoms with Crippen molar-refractivity contribution in [3.8, 4) is 0 Å². The van der Waals surface area contributed by atoms with E-state index < -0.39 is 5.54 Å². The minimum atomic E-state index is -0.821. The van der Waals surface area contributed by atoms with Gasteiger partial charge in [0.1, 0.15) is 5.69 Å². The molecule has 1 aliphatic heterocycles. The number of aromatic amines is 1. The quantitative estimate of drug-likeness (QED) is 0.856. The molecule has 0 aliphatic carbocycles. The average Bonchev–Trinajstić information content (AvgIpc) is 3.04. The maximum atomic E-state index is 12.7. The highest BCUT2D eigenvalue weighted by molar-refractivity contribution is 5.98. The van der Waals surface area contributed by atoms with Crippen molar-refractivity contribution in [3.63, 3.8) is 0 Å². The van der Waals surface area contributed by atoms with Crippen molar-refractivity contribution in [1.29, 1.82) is 0 Å². The molecule has 1 aromatic carbocycles. The fraction of sp³-hybridized carbons (Fsp3) is 0.474. The van der Waals surface area contributed by atoms with E-state index in [9.17, 15) is 9.59 Å². The highest BCUT2D eigenvalue weighted by Gasteiger charge is 2.34. The van der Waals surface area contributed by atoms with Crippen molar-refractivity contribution in [2.75, 3.05) is 26.2 Å². The van der Waals surface area contributed by atoms with E-state index in [1.54, 1.807) is 16.7 Å². The van der Waals surface area contributed by atoms with Crippen LogP contribution in [0.4, 0.5) is 0 Å². The molecule has 1 saturated heterocycles. The van der Waals surface area contributed by atoms with Gasteiger partial charge in [-0.3, -0.25) is 9.59 Å². The summed E-state index contributed by atoms with van der Waals surface area (Å²) in [6.45, 7) is 5.93. The maximum absolute atomic E-state index is 12.7. The van der Waals surface area contributed by atoms with Gasteiger partial charge in [-0.05, 0) is 25.5 Å². The molecule has 0 radical (unpaired) electrons. The fourth-order valence-electron chi connectivity index (χ4n) is 3.46. The minimum Gasteiger partial charge on any atom is -0.351 e. The number of nitrogens with two attached hydrogens (primary N) is 1. The number of piperazine rings is 1. The Morgan fingerprint density at radius 1 is 1.15 bits per heavy atom. The van der Waals surface area contributed by atoms with Gasteiger partial charge in [0.15, 0.2) is 0 Å². The van der Waals surface area contributed by atoms with Crippen LogP contribution >= 0.6 is 12.4 Å². The Labute approximate surface area is 160 Å². The molecule has 7 heteroatoms. The number of hydrogen-bond acceptors (Lipinski definition) is 3. The molecular formula is C19H27ClN4O2. The first-order valence-electron chi connectivity index (χ1n) is 8.87. The first-order chi connectivity index (χ1) is 11.9. The van der Waals surface area contributed by atoms with Crippen LogP contribution in [0.5, 0.6) is 0 Å². The number of carbonyl (C=O) groups excluding carboxylic acids is 2. The highest BCUT2D eigenvalue weighted by Crippen LogP contribution is 2.18. The zero-order valence-corrected chi connectivity index (χ0v) is 16.1. The van der Waals surface area contributed by atoms with Crippen molar-refractivity contribution in [1.82, 2.24) is 14.8 Å². The Kier molecular flexibility index (Phi) is 6.31. The van der Waals surface area contributed by atoms with Gasteiger partial charge < -0.3 is 20.5 Å². The second-order valence-corrected chi connectivity index (χ2v) is 7.02. The SMILES string of the molecule is CCCC(C)(N)C(=O)N1CCN(C(=O)c2cc3ccccc3[nH]2)CC1.Cl. The number of hydrogen-bond donors (Lipinski definition) is 2. The number of aromatic nitrogens is 1. The largest absolute Gasteiger partial charge is 0.351 e. The number of amides is 2. The molecule has 2 aromatic rings. The number of halogens is 1. The Hall–Kier alpha value is -2.05. The van der Waals surface area contributed by atoms with E-state index in [4.69, 9.17) is 5.73 Å². The summed E-state index contributed by atoms with van der Waals surface area (Å²) in [5.74, 6) is -0.0422. The van der Waals surface area contributed by atoms with Crippen LogP contribution < -0.4 is 5.73 Å². The summed E-state index contributed by atoms with van der Waals surface area (Å²) in [5, 5.41) is 1.03. The van der Waals surface area contributed by atoms with Crippen molar-refractivity contribution < 1.29 is 9.59 Å². The van der Waals surface area contributed by atoms with Crippen molar-refractivity contribution in [3.05, 3.63) is 36.0 Å². The third-order valence-electron chi connectivity index (χ3n) is 4.87. The van der Waals surface area contributed by atoms with Crippen LogP contribution in [0.2, 0.25) is 0 Å². The summed E-state index contributed by atoms with van der Waals surface area (Å²) < 4.78 is 0. The lowest BCUT2D eigenvalue weighted by atomic mass is 9.95. The second-order valence-electron chi connectivity index (χ2n) is 7.02. The highest BCUT2D eigenvalue weighted by atomic mass is 35.5. The van der Waals surface area contributed by atoms with Crippen LogP contribution in [0, 0.1) is 0 Å². The van der Waals surface area contributed by atoms with Crippen LogP contribution in [0.15, 0.2) is 30.3 Å². The number of benzene rings is 1. The summed E-state index contributed by atoms with van der Waals surface area (Å²) in [6, 6.07) is 9.72. The molecular weight excluding hydrogens is 352 g/mol. The standard InChI is InChI=1S/C19H26N4O2.ClH/c1-3-8-19(2,20)18(25)23-11-9-22(10-12-23)17(24)16-13-14-6-4-5-7-15(14)21-16;/h4-7,13,21H,3,8-12,20H2,1-2H3;1H. The molecule has 0 bridgehead atoms. The lowest BCUT2D eigenvalue weighted by Crippen LogP contribution is -2.58. The molecule has 1 fully saturated rings. The van der Waals surface area contributed by atoms with E-state index in [0.29, 0.717) is 38.3 Å². The van der Waals surface area contributed by atoms with Gasteiger partial charge in [0, 0.05) is 37.1 Å². The van der Waals surface area contributed by atoms with E-state index in [-0.39, 0.29) is 24.2 Å². The third kappa shape index (κ3) is 4.02. The molecule has 0 saturated carbocycles. The smallest absolute Gasteiger partial charge is 0.270 e. The molecule has 2 amide bonds. The van der Waals surface area contributed by atoms with Gasteiger partial charge in [0.25, 0.3) is 5.91 Å². The Morgan fingerprint density at radius 2 is 1.77 bits per heavy atom. The van der Waals surface area contributed by atoms with E-state index in [2.05, 4.69) is 4.98 Å². The molecule has 1 unspecified atom stereocenters. The van der Waals surface area contributed by atoms with Crippen LogP contribution in [0.25, 0.3) is 10.9 Å². The molecule has 0 spiro atoms. The zero-order valence-electron chi connectivity index (χ0n) is 15.3. The van der Waals surface area contributed by atoms with Gasteiger partial charge in [-0.1, -0.05) is 31.5 Å². The number of carbonyl (C=O) groups is 2. The van der Waals surface area contributed by atoms with Crippen molar-refractivity contribution in [2.45, 2.75) is 32.2 Å². The molecule has 1 aromatic heterocycles. The van der Waals surface area contributed by atoms with E-state index in [1.807, 2.05) is 37.3 Å². The van der Waals surface area contributed by atoms with Crippen molar-refractivity contribution >= 4 is 35.1 Å². The Balaban J connectivity index is 0.00000243. The number of rotatable bonds is 4. The van der Waals surface area contributed by atoms with E-state index in [1.165, 1.54) is 0 Å². The maximum Gasteiger partial charge on any atom is 0.270 e. The summed E-state index contributed by atoms with van der Waals surface area (Å²) >= 11 is 0. The summed E-state index contributed by atoms with van der Waals surface area (Å²) in [7, 11) is 0. The number of fused-ring (bicyclic) bond motifs is 1. The molecule has 3 rings (SSSR count). The monoisotopic (exact) mass is 378 g/mol. The number of nitrogens with zero attached hydrogens (tertiary/aromatic N) is 2. The zero-order chi connectivity index (χ0) is 18.0. The van der Waals surface area contributed by atoms with Gasteiger partial charge >= 0.3 is 0 Å². The molecule has 2 heterocycles. The minimum absolute atomic E-state index is 0. The first-order valence-corrected chi connectivity index (χ1v) is 8.87. The molecule has 1 aliphatic rings. The average molecular weight is 379 g/mol. The number of nitrogens with one attached hydrogen (secondary N) is 1. The second kappa shape index (κ2) is 8.10. The third-order valence-corrected chi connectivity index (χ3v) is 4.87. The predicted octanol–water partition coefficient (Wildman–Crippen LogP) is 2.39. The topological polar surface area (TPSA) is 82.4 Å². The van der Waals surface area contributed by atoms with Crippen LogP contribution in [-0.2, 0) is 4.79 Å². The Bertz CT molecular complexity index is 746. The Morgan fingerprint density at radius 3 is 2.38 bits per heavy atom. The summed E-state index contributed by atoms with van der Waals surface area (Å²) in [6.07, 6.45) is 1.54. The molecule has 3 N–H and O–H groups in total. The number of para-hydroxylation sites is 1. The van der Waals surface area contributed by atoms with Crippen LogP contribution in [-0.4, -0.2) is 58.3 Å². The van der Waals surface area contributed by atoms with Gasteiger partial charge in [-0.25, -0.2) is 0 Å². The van der Waals surface area contributed by atoms with Crippen molar-refractivity contribution in [2.24, 2.45) is 5.73 Å². The van der Waals surface area contributed by atoms with Gasteiger partial charge in [-0.2, -0.15) is 0 Å². The van der Waals surface area contributed by atoms with Crippen LogP contribution in [0.3, 0.4) is 0 Å². The van der Waals surface area contributed by atoms with E-state index >= 15 is 0 Å². The normalized spacial score (nSPS) is 16.9. The lowest BCUT2D eigenvalue weighted by Gasteiger charge is -2.38. The van der Waals surface area contributed by atoms with E-state index in [0.717, 1.165) is 17.3 Å². The van der Waals surface area contributed by atoms with Gasteiger partial charge in [-0.15, -0.1) is 12.4 Å². The van der Waals surface area contributed by atoms with Gasteiger partial charge in [0.2, 0.25) is 5.91 Å².